The predicted molar refractivity (Wildman–Crippen MR) is 94.5 cm³/mol. The van der Waals surface area contributed by atoms with Crippen molar-refractivity contribution in [2.24, 2.45) is 0 Å². The molecule has 0 aliphatic carbocycles. The molecule has 0 bridgehead atoms. The van der Waals surface area contributed by atoms with Crippen LogP contribution in [0.1, 0.15) is 17.0 Å². The Hall–Kier alpha value is -2.36. The average molecular weight is 340 g/mol. The van der Waals surface area contributed by atoms with Gasteiger partial charge in [-0.3, -0.25) is 9.58 Å². The summed E-state index contributed by atoms with van der Waals surface area (Å²) < 4.78 is 13.7. The summed E-state index contributed by atoms with van der Waals surface area (Å²) in [7, 11) is 0. The van der Waals surface area contributed by atoms with Crippen molar-refractivity contribution >= 4 is 0 Å². The number of morpholine rings is 1. The fourth-order valence-corrected chi connectivity index (χ4v) is 3.09. The summed E-state index contributed by atoms with van der Waals surface area (Å²) in [4.78, 5) is 2.36. The summed E-state index contributed by atoms with van der Waals surface area (Å²) in [5, 5.41) is 13.4. The second kappa shape index (κ2) is 8.15. The largest absolute Gasteiger partial charge is 0.492 e. The van der Waals surface area contributed by atoms with Crippen LogP contribution in [0.15, 0.2) is 30.3 Å². The Morgan fingerprint density at radius 1 is 1.36 bits per heavy atom. The summed E-state index contributed by atoms with van der Waals surface area (Å²) >= 11 is 0. The lowest BCUT2D eigenvalue weighted by Gasteiger charge is -2.32. The minimum atomic E-state index is 0.147. The number of nitrogens with zero attached hydrogens (tertiary/aromatic N) is 4. The monoisotopic (exact) mass is 340 g/mol. The summed E-state index contributed by atoms with van der Waals surface area (Å²) in [5.41, 5.74) is 2.82. The molecule has 25 heavy (non-hydrogen) atoms. The standard InChI is InChI=1S/C19H24N4O2/c1-15-10-16(2)23(21-15)14-19-13-22(7-9-25-19)6-8-24-18-5-3-4-17(11-18)12-20/h3-5,10-11,19H,6-9,13-14H2,1-2H3/t19-/m0/s1. The Balaban J connectivity index is 1.47. The summed E-state index contributed by atoms with van der Waals surface area (Å²) in [6, 6.07) is 11.5. The molecule has 3 rings (SSSR count). The van der Waals surface area contributed by atoms with Gasteiger partial charge in [0.05, 0.1) is 36.6 Å². The SMILES string of the molecule is Cc1cc(C)n(C[C@@H]2CN(CCOc3cccc(C#N)c3)CCO2)n1. The maximum atomic E-state index is 8.93. The molecule has 6 nitrogen and oxygen atoms in total. The second-order valence-electron chi connectivity index (χ2n) is 6.39. The van der Waals surface area contributed by atoms with Gasteiger partial charge >= 0.3 is 0 Å². The van der Waals surface area contributed by atoms with Crippen molar-refractivity contribution in [3.8, 4) is 11.8 Å². The maximum Gasteiger partial charge on any atom is 0.120 e. The topological polar surface area (TPSA) is 63.3 Å². The normalized spacial score (nSPS) is 18.0. The lowest BCUT2D eigenvalue weighted by molar-refractivity contribution is -0.0403. The molecular weight excluding hydrogens is 316 g/mol. The van der Waals surface area contributed by atoms with Crippen molar-refractivity contribution < 1.29 is 9.47 Å². The Kier molecular flexibility index (Phi) is 5.69. The molecule has 0 spiro atoms. The van der Waals surface area contributed by atoms with E-state index in [2.05, 4.69) is 29.1 Å². The van der Waals surface area contributed by atoms with E-state index in [0.29, 0.717) is 12.2 Å². The Morgan fingerprint density at radius 2 is 2.24 bits per heavy atom. The van der Waals surface area contributed by atoms with Gasteiger partial charge in [0, 0.05) is 25.3 Å². The minimum absolute atomic E-state index is 0.147. The van der Waals surface area contributed by atoms with E-state index in [4.69, 9.17) is 14.7 Å². The molecule has 1 atom stereocenters. The van der Waals surface area contributed by atoms with Gasteiger partial charge in [-0.1, -0.05) is 6.07 Å². The van der Waals surface area contributed by atoms with Gasteiger partial charge in [-0.2, -0.15) is 10.4 Å². The summed E-state index contributed by atoms with van der Waals surface area (Å²) in [6.45, 7) is 8.82. The number of hydrogen-bond acceptors (Lipinski definition) is 5. The van der Waals surface area contributed by atoms with Crippen LogP contribution in [0, 0.1) is 25.2 Å². The molecule has 0 N–H and O–H groups in total. The minimum Gasteiger partial charge on any atom is -0.492 e. The molecule has 0 radical (unpaired) electrons. The van der Waals surface area contributed by atoms with Crippen LogP contribution in [0.3, 0.4) is 0 Å². The predicted octanol–water partition coefficient (Wildman–Crippen LogP) is 2.15. The van der Waals surface area contributed by atoms with Crippen LogP contribution in [0.5, 0.6) is 5.75 Å². The highest BCUT2D eigenvalue weighted by Gasteiger charge is 2.21. The van der Waals surface area contributed by atoms with Crippen molar-refractivity contribution in [1.29, 1.82) is 5.26 Å². The van der Waals surface area contributed by atoms with Gasteiger partial charge in [-0.15, -0.1) is 0 Å². The molecule has 1 aromatic carbocycles. The molecule has 1 aromatic heterocycles. The number of ether oxygens (including phenoxy) is 2. The third-order valence-corrected chi connectivity index (χ3v) is 4.34. The van der Waals surface area contributed by atoms with Crippen LogP contribution in [0.2, 0.25) is 0 Å². The number of benzene rings is 1. The van der Waals surface area contributed by atoms with Crippen molar-refractivity contribution in [1.82, 2.24) is 14.7 Å². The fraction of sp³-hybridized carbons (Fsp3) is 0.474. The van der Waals surface area contributed by atoms with E-state index in [1.54, 1.807) is 12.1 Å². The number of aryl methyl sites for hydroxylation is 2. The van der Waals surface area contributed by atoms with Crippen molar-refractivity contribution in [3.05, 3.63) is 47.3 Å². The second-order valence-corrected chi connectivity index (χ2v) is 6.39. The van der Waals surface area contributed by atoms with E-state index in [-0.39, 0.29) is 6.10 Å². The van der Waals surface area contributed by atoms with Gasteiger partial charge in [-0.25, -0.2) is 0 Å². The van der Waals surface area contributed by atoms with Crippen LogP contribution in [0.4, 0.5) is 0 Å². The zero-order valence-corrected chi connectivity index (χ0v) is 14.8. The van der Waals surface area contributed by atoms with E-state index in [1.165, 1.54) is 5.69 Å². The molecule has 1 fully saturated rings. The molecule has 2 heterocycles. The first-order valence-corrected chi connectivity index (χ1v) is 8.62. The lowest BCUT2D eigenvalue weighted by atomic mass is 10.2. The third kappa shape index (κ3) is 4.81. The molecule has 0 amide bonds. The number of hydrogen-bond donors (Lipinski definition) is 0. The highest BCUT2D eigenvalue weighted by molar-refractivity contribution is 5.36. The van der Waals surface area contributed by atoms with E-state index in [1.807, 2.05) is 23.7 Å². The number of rotatable bonds is 6. The van der Waals surface area contributed by atoms with Crippen molar-refractivity contribution in [2.75, 3.05) is 32.8 Å². The van der Waals surface area contributed by atoms with Gasteiger partial charge < -0.3 is 9.47 Å². The summed E-state index contributed by atoms with van der Waals surface area (Å²) in [5.74, 6) is 0.742. The van der Waals surface area contributed by atoms with Crippen LogP contribution in [-0.2, 0) is 11.3 Å². The quantitative estimate of drug-likeness (QED) is 0.806. The lowest BCUT2D eigenvalue weighted by Crippen LogP contribution is -2.45. The smallest absolute Gasteiger partial charge is 0.120 e. The van der Waals surface area contributed by atoms with Gasteiger partial charge in [0.2, 0.25) is 0 Å². The van der Waals surface area contributed by atoms with Gasteiger partial charge in [0.15, 0.2) is 0 Å². The Bertz CT molecular complexity index is 750. The van der Waals surface area contributed by atoms with E-state index in [0.717, 1.165) is 44.2 Å². The molecule has 6 heteroatoms. The van der Waals surface area contributed by atoms with Crippen molar-refractivity contribution in [2.45, 2.75) is 26.5 Å². The first-order chi connectivity index (χ1) is 12.1. The average Bonchev–Trinajstić information content (AvgIpc) is 2.92. The Labute approximate surface area is 148 Å². The maximum absolute atomic E-state index is 8.93. The molecule has 0 saturated carbocycles. The molecular formula is C19H24N4O2. The number of aromatic nitrogens is 2. The molecule has 1 aliphatic heterocycles. The third-order valence-electron chi connectivity index (χ3n) is 4.34. The van der Waals surface area contributed by atoms with E-state index < -0.39 is 0 Å². The zero-order valence-electron chi connectivity index (χ0n) is 14.8. The zero-order chi connectivity index (χ0) is 17.6. The van der Waals surface area contributed by atoms with E-state index >= 15 is 0 Å². The number of nitriles is 1. The molecule has 1 aliphatic rings. The highest BCUT2D eigenvalue weighted by atomic mass is 16.5. The van der Waals surface area contributed by atoms with Crippen LogP contribution in [0.25, 0.3) is 0 Å². The van der Waals surface area contributed by atoms with E-state index in [9.17, 15) is 0 Å². The molecule has 1 saturated heterocycles. The molecule has 2 aromatic rings. The summed E-state index contributed by atoms with van der Waals surface area (Å²) in [6.07, 6.45) is 0.147. The first-order valence-electron chi connectivity index (χ1n) is 8.62. The van der Waals surface area contributed by atoms with Crippen LogP contribution < -0.4 is 4.74 Å². The van der Waals surface area contributed by atoms with Crippen LogP contribution >= 0.6 is 0 Å². The van der Waals surface area contributed by atoms with Crippen LogP contribution in [-0.4, -0.2) is 53.6 Å². The Morgan fingerprint density at radius 3 is 3.00 bits per heavy atom. The van der Waals surface area contributed by atoms with Crippen molar-refractivity contribution in [3.63, 3.8) is 0 Å². The van der Waals surface area contributed by atoms with Gasteiger partial charge in [0.1, 0.15) is 12.4 Å². The van der Waals surface area contributed by atoms with Gasteiger partial charge in [0.25, 0.3) is 0 Å². The molecule has 132 valence electrons. The first kappa shape index (κ1) is 17.5. The highest BCUT2D eigenvalue weighted by Crippen LogP contribution is 2.13. The van der Waals surface area contributed by atoms with Gasteiger partial charge in [-0.05, 0) is 38.1 Å². The fourth-order valence-electron chi connectivity index (χ4n) is 3.09. The molecule has 0 unspecified atom stereocenters.